The van der Waals surface area contributed by atoms with Gasteiger partial charge in [0.1, 0.15) is 16.5 Å². The zero-order valence-corrected chi connectivity index (χ0v) is 19.2. The van der Waals surface area contributed by atoms with E-state index in [0.29, 0.717) is 11.6 Å². The molecule has 0 saturated heterocycles. The van der Waals surface area contributed by atoms with Crippen molar-refractivity contribution in [3.63, 3.8) is 0 Å². The van der Waals surface area contributed by atoms with E-state index in [1.807, 2.05) is 6.08 Å². The van der Waals surface area contributed by atoms with Gasteiger partial charge in [-0.25, -0.2) is 4.79 Å². The van der Waals surface area contributed by atoms with Gasteiger partial charge in [-0.2, -0.15) is 0 Å². The van der Waals surface area contributed by atoms with E-state index >= 15 is 0 Å². The van der Waals surface area contributed by atoms with Gasteiger partial charge in [0.15, 0.2) is 18.2 Å². The van der Waals surface area contributed by atoms with Crippen molar-refractivity contribution in [3.8, 4) is 11.5 Å². The molecule has 1 aliphatic heterocycles. The predicted octanol–water partition coefficient (Wildman–Crippen LogP) is 3.08. The van der Waals surface area contributed by atoms with E-state index < -0.39 is 17.6 Å². The first-order valence-electron chi connectivity index (χ1n) is 9.90. The highest BCUT2D eigenvalue weighted by Gasteiger charge is 2.38. The quantitative estimate of drug-likeness (QED) is 0.253. The number of allylic oxidation sites excluding steroid dienone is 2. The lowest BCUT2D eigenvalue weighted by atomic mass is 9.84. The van der Waals surface area contributed by atoms with Crippen LogP contribution in [0.5, 0.6) is 11.5 Å². The fourth-order valence-corrected chi connectivity index (χ4v) is 4.24. The topological polar surface area (TPSA) is 117 Å². The maximum Gasteiger partial charge on any atom is 0.344 e. The molecule has 1 aliphatic carbocycles. The number of phenols is 1. The van der Waals surface area contributed by atoms with Gasteiger partial charge in [0.25, 0.3) is 0 Å². The number of carbonyl (C=O) groups excluding carboxylic acids is 3. The normalized spacial score (nSPS) is 19.4. The highest BCUT2D eigenvalue weighted by atomic mass is 35.5. The summed E-state index contributed by atoms with van der Waals surface area (Å²) in [5.74, 6) is -2.34. The number of rotatable bonds is 8. The van der Waals surface area contributed by atoms with Crippen LogP contribution in [-0.2, 0) is 14.3 Å². The second-order valence-electron chi connectivity index (χ2n) is 7.21. The monoisotopic (exact) mass is 478 g/mol. The molecular weight excluding hydrogens is 456 g/mol. The minimum absolute atomic E-state index is 0.00987. The standard InChI is InChI=1S/C22H23ClN2O6S/c1-3-30-18(27)11-31-17-7-6-13(21(29)19(17)23)16(26)10-25-8-12-4-5-14(22(24)32-2)20(28)15(12)9-25/h4-8,14-15,24,29H,3,9-11H2,1-2H3. The molecule has 2 aliphatic rings. The van der Waals surface area contributed by atoms with Crippen molar-refractivity contribution < 1.29 is 29.0 Å². The van der Waals surface area contributed by atoms with E-state index in [1.165, 1.54) is 23.9 Å². The van der Waals surface area contributed by atoms with Gasteiger partial charge in [0.05, 0.1) is 35.6 Å². The zero-order valence-electron chi connectivity index (χ0n) is 17.6. The van der Waals surface area contributed by atoms with Crippen molar-refractivity contribution in [1.82, 2.24) is 4.90 Å². The Kier molecular flexibility index (Phi) is 7.63. The minimum atomic E-state index is -0.578. The Morgan fingerprint density at radius 3 is 2.81 bits per heavy atom. The lowest BCUT2D eigenvalue weighted by molar-refractivity contribution is -0.145. The molecule has 1 aromatic rings. The molecule has 0 aromatic heterocycles. The number of esters is 1. The van der Waals surface area contributed by atoms with Gasteiger partial charge in [-0.05, 0) is 30.9 Å². The lowest BCUT2D eigenvalue weighted by Gasteiger charge is -2.23. The van der Waals surface area contributed by atoms with Crippen LogP contribution in [0.2, 0.25) is 5.02 Å². The molecule has 1 aromatic carbocycles. The van der Waals surface area contributed by atoms with Crippen LogP contribution in [0.1, 0.15) is 17.3 Å². The van der Waals surface area contributed by atoms with Gasteiger partial charge in [-0.15, -0.1) is 11.8 Å². The number of thioether (sulfide) groups is 1. The molecule has 32 heavy (non-hydrogen) atoms. The number of nitrogens with one attached hydrogen (secondary N) is 1. The highest BCUT2D eigenvalue weighted by molar-refractivity contribution is 8.13. The van der Waals surface area contributed by atoms with Crippen molar-refractivity contribution >= 4 is 45.9 Å². The number of carbonyl (C=O) groups is 3. The van der Waals surface area contributed by atoms with Crippen molar-refractivity contribution in [2.75, 3.05) is 32.6 Å². The smallest absolute Gasteiger partial charge is 0.344 e. The van der Waals surface area contributed by atoms with Gasteiger partial charge < -0.3 is 19.5 Å². The molecule has 1 heterocycles. The molecule has 2 atom stereocenters. The second-order valence-corrected chi connectivity index (χ2v) is 8.44. The summed E-state index contributed by atoms with van der Waals surface area (Å²) < 4.78 is 10.0. The van der Waals surface area contributed by atoms with Crippen LogP contribution < -0.4 is 4.74 Å². The Bertz CT molecular complexity index is 1020. The first-order chi connectivity index (χ1) is 15.3. The van der Waals surface area contributed by atoms with Crippen molar-refractivity contribution in [2.45, 2.75) is 6.92 Å². The number of nitrogens with zero attached hydrogens (tertiary/aromatic N) is 1. The van der Waals surface area contributed by atoms with Gasteiger partial charge >= 0.3 is 5.97 Å². The number of ether oxygens (including phenoxy) is 2. The van der Waals surface area contributed by atoms with Gasteiger partial charge in [0.2, 0.25) is 0 Å². The van der Waals surface area contributed by atoms with E-state index in [2.05, 4.69) is 0 Å². The molecule has 0 bridgehead atoms. The molecular formula is C22H23ClN2O6S. The van der Waals surface area contributed by atoms with Crippen LogP contribution in [0.15, 0.2) is 36.1 Å². The summed E-state index contributed by atoms with van der Waals surface area (Å²) in [4.78, 5) is 38.7. The Morgan fingerprint density at radius 1 is 1.38 bits per heavy atom. The molecule has 0 fully saturated rings. The van der Waals surface area contributed by atoms with Gasteiger partial charge in [-0.3, -0.25) is 15.0 Å². The van der Waals surface area contributed by atoms with Crippen LogP contribution in [-0.4, -0.2) is 65.1 Å². The summed E-state index contributed by atoms with van der Waals surface area (Å²) in [5, 5.41) is 18.5. The first-order valence-corrected chi connectivity index (χ1v) is 11.5. The first kappa shape index (κ1) is 23.9. The van der Waals surface area contributed by atoms with Crippen molar-refractivity contribution in [1.29, 1.82) is 5.41 Å². The molecule has 10 heteroatoms. The van der Waals surface area contributed by atoms with Gasteiger partial charge in [0, 0.05) is 12.7 Å². The molecule has 0 radical (unpaired) electrons. The van der Waals surface area contributed by atoms with E-state index in [1.54, 1.807) is 30.4 Å². The third-order valence-corrected chi connectivity index (χ3v) is 6.22. The van der Waals surface area contributed by atoms with E-state index in [-0.39, 0.29) is 53.6 Å². The number of benzene rings is 1. The Hall–Kier alpha value is -2.78. The summed E-state index contributed by atoms with van der Waals surface area (Å²) in [6.07, 6.45) is 7.07. The van der Waals surface area contributed by atoms with Gasteiger partial charge in [-0.1, -0.05) is 23.8 Å². The fourth-order valence-electron chi connectivity index (χ4n) is 3.57. The summed E-state index contributed by atoms with van der Waals surface area (Å²) in [7, 11) is 0. The maximum atomic E-state index is 12.8. The summed E-state index contributed by atoms with van der Waals surface area (Å²) in [5.41, 5.74) is 0.814. The van der Waals surface area contributed by atoms with Crippen LogP contribution >= 0.6 is 23.4 Å². The molecule has 3 rings (SSSR count). The molecule has 2 unspecified atom stereocenters. The van der Waals surface area contributed by atoms with Crippen molar-refractivity contribution in [3.05, 3.63) is 46.6 Å². The predicted molar refractivity (Wildman–Crippen MR) is 122 cm³/mol. The molecule has 0 amide bonds. The maximum absolute atomic E-state index is 12.8. The summed E-state index contributed by atoms with van der Waals surface area (Å²) >= 11 is 7.35. The van der Waals surface area contributed by atoms with Crippen LogP contribution in [0.3, 0.4) is 0 Å². The van der Waals surface area contributed by atoms with Crippen LogP contribution in [0.25, 0.3) is 0 Å². The number of ketones is 2. The number of Topliss-reactive ketones (excluding diaryl/α,β-unsaturated/α-hetero) is 2. The zero-order chi connectivity index (χ0) is 23.4. The van der Waals surface area contributed by atoms with E-state index in [4.69, 9.17) is 26.5 Å². The lowest BCUT2D eigenvalue weighted by Crippen LogP contribution is -2.34. The molecule has 8 nitrogen and oxygen atoms in total. The molecule has 0 saturated carbocycles. The largest absolute Gasteiger partial charge is 0.505 e. The second kappa shape index (κ2) is 10.2. The summed E-state index contributed by atoms with van der Waals surface area (Å²) in [6.45, 7) is 1.78. The van der Waals surface area contributed by atoms with Crippen LogP contribution in [0, 0.1) is 17.2 Å². The highest BCUT2D eigenvalue weighted by Crippen LogP contribution is 2.37. The number of halogens is 1. The Labute approximate surface area is 194 Å². The SMILES string of the molecule is CCOC(=O)COc1ccc(C(=O)CN2C=C3C=CC(C(=N)SC)C(=O)C3C2)c(O)c1Cl. The number of phenolic OH excluding ortho intramolecular Hbond substituents is 1. The van der Waals surface area contributed by atoms with Crippen molar-refractivity contribution in [2.24, 2.45) is 11.8 Å². The average Bonchev–Trinajstić information content (AvgIpc) is 3.18. The fraction of sp³-hybridized carbons (Fsp3) is 0.364. The number of hydrogen-bond acceptors (Lipinski definition) is 9. The molecule has 170 valence electrons. The third-order valence-electron chi connectivity index (χ3n) is 5.16. The van der Waals surface area contributed by atoms with E-state index in [9.17, 15) is 19.5 Å². The van der Waals surface area contributed by atoms with E-state index in [0.717, 1.165) is 5.57 Å². The third kappa shape index (κ3) is 4.99. The number of fused-ring (bicyclic) bond motifs is 1. The molecule has 0 spiro atoms. The Balaban J connectivity index is 1.66. The van der Waals surface area contributed by atoms with Crippen LogP contribution in [0.4, 0.5) is 0 Å². The summed E-state index contributed by atoms with van der Waals surface area (Å²) in [6, 6.07) is 2.78. The minimum Gasteiger partial charge on any atom is -0.505 e. The number of hydrogen-bond donors (Lipinski definition) is 2. The Morgan fingerprint density at radius 2 is 2.12 bits per heavy atom. The number of aromatic hydroxyl groups is 1. The molecule has 2 N–H and O–H groups in total. The average molecular weight is 479 g/mol.